The Morgan fingerprint density at radius 1 is 1.14 bits per heavy atom. The van der Waals surface area contributed by atoms with Gasteiger partial charge in [0, 0.05) is 17.8 Å². The van der Waals surface area contributed by atoms with Gasteiger partial charge in [0.2, 0.25) is 0 Å². The van der Waals surface area contributed by atoms with Crippen LogP contribution in [0, 0.1) is 0 Å². The molecule has 0 saturated heterocycles. The molecule has 0 aliphatic rings. The largest absolute Gasteiger partial charge is 0.388 e. The molecule has 5 heteroatoms. The SMILES string of the molecule is NC(=S)c1ncccc1Cn1c(=O)ccc2ccccc21. The average Bonchev–Trinajstić information content (AvgIpc) is 2.50. The maximum absolute atomic E-state index is 12.2. The van der Waals surface area contributed by atoms with Crippen molar-refractivity contribution in [1.82, 2.24) is 9.55 Å². The van der Waals surface area contributed by atoms with E-state index >= 15 is 0 Å². The van der Waals surface area contributed by atoms with Crippen molar-refractivity contribution in [2.75, 3.05) is 0 Å². The molecule has 2 heterocycles. The number of nitrogens with two attached hydrogens (primary N) is 1. The first-order chi connectivity index (χ1) is 10.2. The van der Waals surface area contributed by atoms with Crippen molar-refractivity contribution < 1.29 is 0 Å². The Labute approximate surface area is 126 Å². The molecule has 0 amide bonds. The van der Waals surface area contributed by atoms with Gasteiger partial charge in [-0.2, -0.15) is 0 Å². The van der Waals surface area contributed by atoms with E-state index in [1.165, 1.54) is 0 Å². The molecule has 2 aromatic heterocycles. The summed E-state index contributed by atoms with van der Waals surface area (Å²) < 4.78 is 1.70. The number of aromatic nitrogens is 2. The lowest BCUT2D eigenvalue weighted by molar-refractivity contribution is 0.789. The molecule has 0 saturated carbocycles. The molecule has 0 aliphatic carbocycles. The number of nitrogens with zero attached hydrogens (tertiary/aromatic N) is 2. The van der Waals surface area contributed by atoms with E-state index in [9.17, 15) is 4.79 Å². The van der Waals surface area contributed by atoms with Crippen molar-refractivity contribution in [2.24, 2.45) is 5.73 Å². The normalized spacial score (nSPS) is 10.7. The van der Waals surface area contributed by atoms with E-state index in [1.54, 1.807) is 16.8 Å². The predicted molar refractivity (Wildman–Crippen MR) is 87.4 cm³/mol. The van der Waals surface area contributed by atoms with E-state index in [-0.39, 0.29) is 10.5 Å². The summed E-state index contributed by atoms with van der Waals surface area (Å²) >= 11 is 5.02. The lowest BCUT2D eigenvalue weighted by Crippen LogP contribution is -2.22. The highest BCUT2D eigenvalue weighted by atomic mass is 32.1. The van der Waals surface area contributed by atoms with Gasteiger partial charge in [0.05, 0.1) is 12.1 Å². The molecule has 0 atom stereocenters. The summed E-state index contributed by atoms with van der Waals surface area (Å²) in [5.74, 6) is 0. The van der Waals surface area contributed by atoms with Crippen LogP contribution in [0.3, 0.4) is 0 Å². The van der Waals surface area contributed by atoms with Crippen LogP contribution in [0.5, 0.6) is 0 Å². The van der Waals surface area contributed by atoms with E-state index in [2.05, 4.69) is 4.98 Å². The van der Waals surface area contributed by atoms with Crippen molar-refractivity contribution in [3.8, 4) is 0 Å². The first kappa shape index (κ1) is 13.5. The van der Waals surface area contributed by atoms with Crippen molar-refractivity contribution in [3.05, 3.63) is 76.3 Å². The van der Waals surface area contributed by atoms with Gasteiger partial charge in [0.1, 0.15) is 10.7 Å². The summed E-state index contributed by atoms with van der Waals surface area (Å²) in [4.78, 5) is 16.6. The van der Waals surface area contributed by atoms with Crippen LogP contribution in [-0.4, -0.2) is 14.5 Å². The molecule has 0 unspecified atom stereocenters. The molecule has 104 valence electrons. The van der Waals surface area contributed by atoms with Crippen LogP contribution >= 0.6 is 12.2 Å². The number of hydrogen-bond acceptors (Lipinski definition) is 3. The van der Waals surface area contributed by atoms with Gasteiger partial charge in [0.15, 0.2) is 0 Å². The van der Waals surface area contributed by atoms with Crippen LogP contribution in [-0.2, 0) is 6.54 Å². The third-order valence-corrected chi connectivity index (χ3v) is 3.55. The number of pyridine rings is 2. The predicted octanol–water partition coefficient (Wildman–Crippen LogP) is 2.08. The molecule has 0 aliphatic heterocycles. The number of thiocarbonyl (C=S) groups is 1. The summed E-state index contributed by atoms with van der Waals surface area (Å²) in [6, 6.07) is 14.8. The molecule has 0 bridgehead atoms. The van der Waals surface area contributed by atoms with Crippen LogP contribution in [0.4, 0.5) is 0 Å². The summed E-state index contributed by atoms with van der Waals surface area (Å²) in [6.07, 6.45) is 1.64. The van der Waals surface area contributed by atoms with Crippen molar-refractivity contribution >= 4 is 28.1 Å². The number of hydrogen-bond donors (Lipinski definition) is 1. The molecule has 4 nitrogen and oxygen atoms in total. The highest BCUT2D eigenvalue weighted by Gasteiger charge is 2.09. The Balaban J connectivity index is 2.17. The maximum atomic E-state index is 12.2. The minimum atomic E-state index is -0.0635. The molecule has 3 rings (SSSR count). The molecule has 3 aromatic rings. The Kier molecular flexibility index (Phi) is 3.50. The zero-order valence-corrected chi connectivity index (χ0v) is 12.0. The van der Waals surface area contributed by atoms with E-state index in [4.69, 9.17) is 18.0 Å². The van der Waals surface area contributed by atoms with Crippen molar-refractivity contribution in [3.63, 3.8) is 0 Å². The second-order valence-corrected chi connectivity index (χ2v) is 5.13. The third-order valence-electron chi connectivity index (χ3n) is 3.35. The van der Waals surface area contributed by atoms with E-state index in [1.807, 2.05) is 42.5 Å². The first-order valence-electron chi connectivity index (χ1n) is 6.49. The van der Waals surface area contributed by atoms with Gasteiger partial charge in [0.25, 0.3) is 5.56 Å². The molecular weight excluding hydrogens is 282 g/mol. The molecule has 2 N–H and O–H groups in total. The second kappa shape index (κ2) is 5.46. The fraction of sp³-hybridized carbons (Fsp3) is 0.0625. The van der Waals surface area contributed by atoms with E-state index in [0.717, 1.165) is 16.5 Å². The summed E-state index contributed by atoms with van der Waals surface area (Å²) in [5, 5.41) is 1.01. The number of benzene rings is 1. The fourth-order valence-electron chi connectivity index (χ4n) is 2.37. The molecule has 0 fully saturated rings. The number of para-hydroxylation sites is 1. The summed E-state index contributed by atoms with van der Waals surface area (Å²) in [7, 11) is 0. The molecule has 21 heavy (non-hydrogen) atoms. The first-order valence-corrected chi connectivity index (χ1v) is 6.90. The van der Waals surface area contributed by atoms with E-state index in [0.29, 0.717) is 12.2 Å². The average molecular weight is 295 g/mol. The minimum absolute atomic E-state index is 0.0635. The van der Waals surface area contributed by atoms with Crippen LogP contribution < -0.4 is 11.3 Å². The Hall–Kier alpha value is -2.53. The van der Waals surface area contributed by atoms with Gasteiger partial charge < -0.3 is 10.3 Å². The van der Waals surface area contributed by atoms with Crippen molar-refractivity contribution in [2.45, 2.75) is 6.54 Å². The topological polar surface area (TPSA) is 60.9 Å². The zero-order chi connectivity index (χ0) is 14.8. The quantitative estimate of drug-likeness (QED) is 0.752. The highest BCUT2D eigenvalue weighted by molar-refractivity contribution is 7.80. The highest BCUT2D eigenvalue weighted by Crippen LogP contribution is 2.14. The van der Waals surface area contributed by atoms with Crippen molar-refractivity contribution in [1.29, 1.82) is 0 Å². The van der Waals surface area contributed by atoms with Gasteiger partial charge in [-0.3, -0.25) is 9.78 Å². The Morgan fingerprint density at radius 3 is 2.76 bits per heavy atom. The maximum Gasteiger partial charge on any atom is 0.251 e. The monoisotopic (exact) mass is 295 g/mol. The van der Waals surface area contributed by atoms with Gasteiger partial charge in [-0.1, -0.05) is 36.5 Å². The third kappa shape index (κ3) is 2.55. The number of fused-ring (bicyclic) bond motifs is 1. The van der Waals surface area contributed by atoms with Gasteiger partial charge in [-0.05, 0) is 23.6 Å². The summed E-state index contributed by atoms with van der Waals surface area (Å²) in [6.45, 7) is 0.390. The van der Waals surface area contributed by atoms with Crippen LogP contribution in [0.25, 0.3) is 10.9 Å². The molecule has 1 aromatic carbocycles. The lowest BCUT2D eigenvalue weighted by atomic mass is 10.1. The molecule has 0 spiro atoms. The summed E-state index contributed by atoms with van der Waals surface area (Å²) in [5.41, 5.74) is 7.91. The Morgan fingerprint density at radius 2 is 1.95 bits per heavy atom. The van der Waals surface area contributed by atoms with Crippen LogP contribution in [0.1, 0.15) is 11.3 Å². The second-order valence-electron chi connectivity index (χ2n) is 4.69. The smallest absolute Gasteiger partial charge is 0.251 e. The zero-order valence-electron chi connectivity index (χ0n) is 11.2. The standard InChI is InChI=1S/C16H13N3OS/c17-16(21)15-12(5-3-9-18-15)10-19-13-6-2-1-4-11(13)7-8-14(19)20/h1-9H,10H2,(H2,17,21). The number of rotatable bonds is 3. The molecule has 0 radical (unpaired) electrons. The van der Waals surface area contributed by atoms with E-state index < -0.39 is 0 Å². The minimum Gasteiger partial charge on any atom is -0.388 e. The van der Waals surface area contributed by atoms with Gasteiger partial charge >= 0.3 is 0 Å². The van der Waals surface area contributed by atoms with Gasteiger partial charge in [-0.15, -0.1) is 0 Å². The lowest BCUT2D eigenvalue weighted by Gasteiger charge is -2.12. The molecular formula is C16H13N3OS. The Bertz CT molecular complexity index is 886. The van der Waals surface area contributed by atoms with Crippen LogP contribution in [0.15, 0.2) is 59.5 Å². The fourth-order valence-corrected chi connectivity index (χ4v) is 2.55. The van der Waals surface area contributed by atoms with Crippen LogP contribution in [0.2, 0.25) is 0 Å². The van der Waals surface area contributed by atoms with Gasteiger partial charge in [-0.25, -0.2) is 0 Å².